The third kappa shape index (κ3) is 3.78. The summed E-state index contributed by atoms with van der Waals surface area (Å²) in [6.07, 6.45) is 0. The van der Waals surface area contributed by atoms with E-state index < -0.39 is 11.6 Å². The van der Waals surface area contributed by atoms with Crippen molar-refractivity contribution in [2.45, 2.75) is 13.5 Å². The Bertz CT molecular complexity index is 386. The Morgan fingerprint density at radius 3 is 2.41 bits per heavy atom. The molecule has 0 heterocycles. The van der Waals surface area contributed by atoms with Gasteiger partial charge in [0.1, 0.15) is 11.6 Å². The van der Waals surface area contributed by atoms with Gasteiger partial charge in [0, 0.05) is 24.6 Å². The predicted molar refractivity (Wildman–Crippen MR) is 63.8 cm³/mol. The zero-order valence-electron chi connectivity index (χ0n) is 10.0. The number of hydrogen-bond donors (Lipinski definition) is 2. The smallest absolute Gasteiger partial charge is 0.130 e. The fraction of sp³-hybridized carbons (Fsp3) is 0.417. The van der Waals surface area contributed by atoms with Gasteiger partial charge in [-0.15, -0.1) is 0 Å². The van der Waals surface area contributed by atoms with Gasteiger partial charge in [-0.05, 0) is 19.2 Å². The van der Waals surface area contributed by atoms with Crippen molar-refractivity contribution in [3.63, 3.8) is 0 Å². The Kier molecular flexibility index (Phi) is 4.57. The number of nitrogens with one attached hydrogen (secondary N) is 1. The van der Waals surface area contributed by atoms with E-state index in [1.165, 1.54) is 18.2 Å². The molecular weight excluding hydrogens is 224 g/mol. The molecule has 3 nitrogen and oxygen atoms in total. The number of nitrogens with zero attached hydrogens (tertiary/aromatic N) is 1. The summed E-state index contributed by atoms with van der Waals surface area (Å²) in [5, 5.41) is 7.26. The molecule has 0 saturated carbocycles. The van der Waals surface area contributed by atoms with Crippen LogP contribution in [0, 0.1) is 23.0 Å². The topological polar surface area (TPSA) is 53.1 Å². The molecule has 1 rings (SSSR count). The molecule has 1 unspecified atom stereocenters. The zero-order valence-corrected chi connectivity index (χ0v) is 10.0. The van der Waals surface area contributed by atoms with Crippen LogP contribution in [0.3, 0.4) is 0 Å². The highest BCUT2D eigenvalue weighted by Crippen LogP contribution is 2.14. The summed E-state index contributed by atoms with van der Waals surface area (Å²) in [5.74, 6) is -1.15. The van der Waals surface area contributed by atoms with Crippen LogP contribution in [0.15, 0.2) is 18.2 Å². The molecule has 0 aliphatic heterocycles. The van der Waals surface area contributed by atoms with Crippen LogP contribution in [0.1, 0.15) is 12.5 Å². The first kappa shape index (κ1) is 13.6. The summed E-state index contributed by atoms with van der Waals surface area (Å²) in [5.41, 5.74) is 5.39. The maximum Gasteiger partial charge on any atom is 0.130 e. The largest absolute Gasteiger partial charge is 0.387 e. The molecule has 0 spiro atoms. The average Bonchev–Trinajstić information content (AvgIpc) is 2.23. The van der Waals surface area contributed by atoms with Crippen LogP contribution in [0.4, 0.5) is 8.78 Å². The molecule has 0 aromatic heterocycles. The lowest BCUT2D eigenvalue weighted by atomic mass is 10.1. The van der Waals surface area contributed by atoms with Gasteiger partial charge in [0.15, 0.2) is 0 Å². The molecule has 0 aliphatic carbocycles. The average molecular weight is 241 g/mol. The van der Waals surface area contributed by atoms with E-state index >= 15 is 0 Å². The van der Waals surface area contributed by atoms with E-state index in [1.54, 1.807) is 18.9 Å². The second kappa shape index (κ2) is 5.72. The lowest BCUT2D eigenvalue weighted by molar-refractivity contribution is 0.296. The molecule has 5 heteroatoms. The molecule has 0 saturated heterocycles. The van der Waals surface area contributed by atoms with Crippen molar-refractivity contribution in [2.24, 2.45) is 11.7 Å². The molecular formula is C12H17F2N3. The molecule has 1 atom stereocenters. The van der Waals surface area contributed by atoms with E-state index in [9.17, 15) is 8.78 Å². The monoisotopic (exact) mass is 241 g/mol. The second-order valence-corrected chi connectivity index (χ2v) is 4.25. The van der Waals surface area contributed by atoms with Gasteiger partial charge in [-0.2, -0.15) is 0 Å². The minimum atomic E-state index is -0.549. The molecule has 0 aliphatic rings. The van der Waals surface area contributed by atoms with Crippen molar-refractivity contribution in [3.05, 3.63) is 35.4 Å². The molecule has 17 heavy (non-hydrogen) atoms. The molecule has 0 bridgehead atoms. The van der Waals surface area contributed by atoms with Crippen molar-refractivity contribution in [1.29, 1.82) is 5.41 Å². The Balaban J connectivity index is 2.68. The summed E-state index contributed by atoms with van der Waals surface area (Å²) in [7, 11) is 1.74. The van der Waals surface area contributed by atoms with E-state index in [0.29, 0.717) is 6.54 Å². The Hall–Kier alpha value is -1.49. The van der Waals surface area contributed by atoms with Crippen molar-refractivity contribution in [3.8, 4) is 0 Å². The SMILES string of the molecule is CC(CN(C)Cc1c(F)cccc1F)C(=N)N. The fourth-order valence-corrected chi connectivity index (χ4v) is 1.58. The van der Waals surface area contributed by atoms with Crippen molar-refractivity contribution < 1.29 is 8.78 Å². The van der Waals surface area contributed by atoms with E-state index in [4.69, 9.17) is 11.1 Å². The third-order valence-electron chi connectivity index (χ3n) is 2.61. The molecule has 0 fully saturated rings. The number of benzene rings is 1. The second-order valence-electron chi connectivity index (χ2n) is 4.25. The summed E-state index contributed by atoms with van der Waals surface area (Å²) in [4.78, 5) is 1.74. The van der Waals surface area contributed by atoms with Gasteiger partial charge in [0.25, 0.3) is 0 Å². The van der Waals surface area contributed by atoms with E-state index in [0.717, 1.165) is 0 Å². The highest BCUT2D eigenvalue weighted by molar-refractivity contribution is 5.79. The van der Waals surface area contributed by atoms with Crippen LogP contribution in [0.25, 0.3) is 0 Å². The van der Waals surface area contributed by atoms with E-state index in [2.05, 4.69) is 0 Å². The molecule has 0 amide bonds. The van der Waals surface area contributed by atoms with Gasteiger partial charge in [-0.1, -0.05) is 13.0 Å². The summed E-state index contributed by atoms with van der Waals surface area (Å²) >= 11 is 0. The Morgan fingerprint density at radius 1 is 1.41 bits per heavy atom. The quantitative estimate of drug-likeness (QED) is 0.611. The summed E-state index contributed by atoms with van der Waals surface area (Å²) < 4.78 is 26.7. The van der Waals surface area contributed by atoms with Crippen LogP contribution in [0.2, 0.25) is 0 Å². The Labute approximate surface area is 99.7 Å². The van der Waals surface area contributed by atoms with Gasteiger partial charge in [-0.25, -0.2) is 8.78 Å². The number of amidine groups is 1. The van der Waals surface area contributed by atoms with E-state index in [1.807, 2.05) is 0 Å². The summed E-state index contributed by atoms with van der Waals surface area (Å²) in [6, 6.07) is 3.81. The maximum atomic E-state index is 13.4. The highest BCUT2D eigenvalue weighted by atomic mass is 19.1. The van der Waals surface area contributed by atoms with E-state index in [-0.39, 0.29) is 23.9 Å². The minimum absolute atomic E-state index is 0.0470. The first-order valence-corrected chi connectivity index (χ1v) is 5.37. The van der Waals surface area contributed by atoms with Gasteiger partial charge in [0.2, 0.25) is 0 Å². The van der Waals surface area contributed by atoms with Crippen LogP contribution in [0.5, 0.6) is 0 Å². The predicted octanol–water partition coefficient (Wildman–Crippen LogP) is 1.97. The fourth-order valence-electron chi connectivity index (χ4n) is 1.58. The standard InChI is InChI=1S/C12H17F2N3/c1-8(12(15)16)6-17(2)7-9-10(13)4-3-5-11(9)14/h3-5,8H,6-7H2,1-2H3,(H3,15,16). The lowest BCUT2D eigenvalue weighted by Gasteiger charge is -2.21. The number of hydrogen-bond acceptors (Lipinski definition) is 2. The Morgan fingerprint density at radius 2 is 1.94 bits per heavy atom. The maximum absolute atomic E-state index is 13.4. The number of rotatable bonds is 5. The first-order chi connectivity index (χ1) is 7.91. The first-order valence-electron chi connectivity index (χ1n) is 5.37. The molecule has 94 valence electrons. The molecule has 1 aromatic rings. The van der Waals surface area contributed by atoms with Crippen LogP contribution >= 0.6 is 0 Å². The number of halogens is 2. The third-order valence-corrected chi connectivity index (χ3v) is 2.61. The van der Waals surface area contributed by atoms with Gasteiger partial charge < -0.3 is 10.6 Å². The van der Waals surface area contributed by atoms with Crippen LogP contribution in [-0.2, 0) is 6.54 Å². The number of nitrogens with two attached hydrogens (primary N) is 1. The molecule has 0 radical (unpaired) electrons. The zero-order chi connectivity index (χ0) is 13.0. The highest BCUT2D eigenvalue weighted by Gasteiger charge is 2.13. The van der Waals surface area contributed by atoms with Crippen molar-refractivity contribution >= 4 is 5.84 Å². The normalized spacial score (nSPS) is 12.8. The summed E-state index contributed by atoms with van der Waals surface area (Å²) in [6.45, 7) is 2.45. The lowest BCUT2D eigenvalue weighted by Crippen LogP contribution is -2.32. The molecule has 1 aromatic carbocycles. The van der Waals surface area contributed by atoms with Gasteiger partial charge in [-0.3, -0.25) is 5.41 Å². The van der Waals surface area contributed by atoms with Crippen LogP contribution in [-0.4, -0.2) is 24.3 Å². The van der Waals surface area contributed by atoms with Gasteiger partial charge >= 0.3 is 0 Å². The van der Waals surface area contributed by atoms with Crippen molar-refractivity contribution in [2.75, 3.05) is 13.6 Å². The van der Waals surface area contributed by atoms with Crippen LogP contribution < -0.4 is 5.73 Å². The van der Waals surface area contributed by atoms with Crippen molar-refractivity contribution in [1.82, 2.24) is 4.90 Å². The van der Waals surface area contributed by atoms with Gasteiger partial charge in [0.05, 0.1) is 5.84 Å². The molecule has 3 N–H and O–H groups in total. The minimum Gasteiger partial charge on any atom is -0.387 e.